The molecule has 0 aromatic heterocycles. The molecule has 0 aliphatic rings. The van der Waals surface area contributed by atoms with Crippen LogP contribution in [-0.4, -0.2) is 0 Å². The summed E-state index contributed by atoms with van der Waals surface area (Å²) in [6.07, 6.45) is -0.0857. The molecule has 94 valence electrons. The molecule has 1 unspecified atom stereocenters. The van der Waals surface area contributed by atoms with Crippen molar-refractivity contribution >= 4 is 33.2 Å². The molecule has 0 saturated heterocycles. The van der Waals surface area contributed by atoms with Gasteiger partial charge in [0.15, 0.2) is 0 Å². The first kappa shape index (κ1) is 13.2. The van der Waals surface area contributed by atoms with E-state index in [0.717, 1.165) is 15.7 Å². The Morgan fingerprint density at radius 3 is 2.50 bits per heavy atom. The fourth-order valence-electron chi connectivity index (χ4n) is 1.59. The Kier molecular flexibility index (Phi) is 4.15. The standard InChI is InChI=1S/C14H13BrClNO/c1-9(10-2-5-12(17)6-3-10)18-14-8-11(15)4-7-13(14)16/h2-9H,17H2,1H3. The van der Waals surface area contributed by atoms with Crippen molar-refractivity contribution < 1.29 is 4.74 Å². The molecule has 0 aliphatic carbocycles. The van der Waals surface area contributed by atoms with E-state index in [-0.39, 0.29) is 6.10 Å². The number of nitrogen functional groups attached to an aromatic ring is 1. The lowest BCUT2D eigenvalue weighted by atomic mass is 10.1. The van der Waals surface area contributed by atoms with Crippen molar-refractivity contribution in [2.45, 2.75) is 13.0 Å². The summed E-state index contributed by atoms with van der Waals surface area (Å²) in [6.45, 7) is 1.97. The maximum absolute atomic E-state index is 6.09. The Bertz CT molecular complexity index is 542. The fourth-order valence-corrected chi connectivity index (χ4v) is 2.10. The minimum atomic E-state index is -0.0857. The third-order valence-electron chi connectivity index (χ3n) is 2.60. The number of anilines is 1. The molecule has 2 aromatic rings. The predicted octanol–water partition coefficient (Wildman–Crippen LogP) is 4.82. The first-order chi connectivity index (χ1) is 8.56. The Morgan fingerprint density at radius 1 is 1.17 bits per heavy atom. The molecular formula is C14H13BrClNO. The molecule has 2 nitrogen and oxygen atoms in total. The summed E-state index contributed by atoms with van der Waals surface area (Å²) >= 11 is 9.48. The lowest BCUT2D eigenvalue weighted by molar-refractivity contribution is 0.227. The lowest BCUT2D eigenvalue weighted by Gasteiger charge is -2.16. The highest BCUT2D eigenvalue weighted by Gasteiger charge is 2.10. The van der Waals surface area contributed by atoms with Crippen LogP contribution >= 0.6 is 27.5 Å². The molecule has 2 aromatic carbocycles. The van der Waals surface area contributed by atoms with E-state index in [1.807, 2.05) is 43.3 Å². The van der Waals surface area contributed by atoms with Crippen LogP contribution in [0.4, 0.5) is 5.69 Å². The summed E-state index contributed by atoms with van der Waals surface area (Å²) in [6, 6.07) is 13.2. The quantitative estimate of drug-likeness (QED) is 0.820. The maximum atomic E-state index is 6.09. The molecule has 0 spiro atoms. The van der Waals surface area contributed by atoms with E-state index in [9.17, 15) is 0 Å². The summed E-state index contributed by atoms with van der Waals surface area (Å²) in [4.78, 5) is 0. The van der Waals surface area contributed by atoms with Crippen LogP contribution in [0.2, 0.25) is 5.02 Å². The van der Waals surface area contributed by atoms with Gasteiger partial charge in [-0.1, -0.05) is 39.7 Å². The van der Waals surface area contributed by atoms with E-state index in [4.69, 9.17) is 22.1 Å². The number of nitrogens with two attached hydrogens (primary N) is 1. The minimum Gasteiger partial charge on any atom is -0.484 e. The van der Waals surface area contributed by atoms with Crippen LogP contribution in [0, 0.1) is 0 Å². The van der Waals surface area contributed by atoms with Crippen molar-refractivity contribution in [3.63, 3.8) is 0 Å². The Balaban J connectivity index is 2.18. The number of benzene rings is 2. The molecule has 4 heteroatoms. The summed E-state index contributed by atoms with van der Waals surface area (Å²) in [7, 11) is 0. The van der Waals surface area contributed by atoms with Gasteiger partial charge >= 0.3 is 0 Å². The zero-order chi connectivity index (χ0) is 13.1. The van der Waals surface area contributed by atoms with Gasteiger partial charge in [-0.05, 0) is 42.8 Å². The second-order valence-electron chi connectivity index (χ2n) is 4.00. The molecule has 0 amide bonds. The van der Waals surface area contributed by atoms with Crippen LogP contribution in [0.15, 0.2) is 46.9 Å². The average Bonchev–Trinajstić information content (AvgIpc) is 2.34. The monoisotopic (exact) mass is 325 g/mol. The van der Waals surface area contributed by atoms with E-state index in [2.05, 4.69) is 15.9 Å². The molecule has 1 atom stereocenters. The maximum Gasteiger partial charge on any atom is 0.139 e. The van der Waals surface area contributed by atoms with E-state index in [1.54, 1.807) is 6.07 Å². The number of rotatable bonds is 3. The van der Waals surface area contributed by atoms with Crippen LogP contribution in [0.1, 0.15) is 18.6 Å². The van der Waals surface area contributed by atoms with E-state index in [1.165, 1.54) is 0 Å². The van der Waals surface area contributed by atoms with Gasteiger partial charge in [-0.15, -0.1) is 0 Å². The van der Waals surface area contributed by atoms with Crippen molar-refractivity contribution in [1.29, 1.82) is 0 Å². The van der Waals surface area contributed by atoms with Crippen LogP contribution < -0.4 is 10.5 Å². The highest BCUT2D eigenvalue weighted by atomic mass is 79.9. The Hall–Kier alpha value is -1.19. The van der Waals surface area contributed by atoms with Crippen molar-refractivity contribution in [1.82, 2.24) is 0 Å². The Labute approximate surface area is 120 Å². The number of halogens is 2. The molecule has 2 rings (SSSR count). The SMILES string of the molecule is CC(Oc1cc(Br)ccc1Cl)c1ccc(N)cc1. The van der Waals surface area contributed by atoms with E-state index >= 15 is 0 Å². The van der Waals surface area contributed by atoms with Gasteiger partial charge in [-0.2, -0.15) is 0 Å². The van der Waals surface area contributed by atoms with Crippen molar-refractivity contribution in [2.75, 3.05) is 5.73 Å². The lowest BCUT2D eigenvalue weighted by Crippen LogP contribution is -2.03. The fraction of sp³-hybridized carbons (Fsp3) is 0.143. The van der Waals surface area contributed by atoms with Gasteiger partial charge in [-0.3, -0.25) is 0 Å². The van der Waals surface area contributed by atoms with E-state index < -0.39 is 0 Å². The second-order valence-corrected chi connectivity index (χ2v) is 5.32. The molecule has 0 bridgehead atoms. The number of ether oxygens (including phenoxy) is 1. The van der Waals surface area contributed by atoms with Crippen LogP contribution in [0.3, 0.4) is 0 Å². The average molecular weight is 327 g/mol. The summed E-state index contributed by atoms with van der Waals surface area (Å²) in [5.41, 5.74) is 7.45. The first-order valence-electron chi connectivity index (χ1n) is 5.53. The van der Waals surface area contributed by atoms with Gasteiger partial charge < -0.3 is 10.5 Å². The highest BCUT2D eigenvalue weighted by molar-refractivity contribution is 9.10. The van der Waals surface area contributed by atoms with Crippen LogP contribution in [-0.2, 0) is 0 Å². The molecule has 0 aliphatic heterocycles. The largest absolute Gasteiger partial charge is 0.484 e. The molecule has 2 N–H and O–H groups in total. The zero-order valence-corrected chi connectivity index (χ0v) is 12.2. The molecule has 0 saturated carbocycles. The summed E-state index contributed by atoms with van der Waals surface area (Å²) < 4.78 is 6.79. The van der Waals surface area contributed by atoms with Gasteiger partial charge in [-0.25, -0.2) is 0 Å². The molecule has 0 heterocycles. The van der Waals surface area contributed by atoms with Gasteiger partial charge in [0.1, 0.15) is 11.9 Å². The van der Waals surface area contributed by atoms with Crippen molar-refractivity contribution in [3.05, 3.63) is 57.5 Å². The number of hydrogen-bond donors (Lipinski definition) is 1. The molecule has 0 radical (unpaired) electrons. The van der Waals surface area contributed by atoms with E-state index in [0.29, 0.717) is 10.8 Å². The van der Waals surface area contributed by atoms with Gasteiger partial charge in [0, 0.05) is 10.2 Å². The van der Waals surface area contributed by atoms with Gasteiger partial charge in [0.2, 0.25) is 0 Å². The third-order valence-corrected chi connectivity index (χ3v) is 3.41. The third kappa shape index (κ3) is 3.18. The molecule has 18 heavy (non-hydrogen) atoms. The minimum absolute atomic E-state index is 0.0857. The highest BCUT2D eigenvalue weighted by Crippen LogP contribution is 2.31. The number of hydrogen-bond acceptors (Lipinski definition) is 2. The van der Waals surface area contributed by atoms with Crippen LogP contribution in [0.25, 0.3) is 0 Å². The zero-order valence-electron chi connectivity index (χ0n) is 9.86. The molecule has 0 fully saturated rings. The summed E-state index contributed by atoms with van der Waals surface area (Å²) in [5.74, 6) is 0.662. The van der Waals surface area contributed by atoms with Crippen molar-refractivity contribution in [2.24, 2.45) is 0 Å². The second kappa shape index (κ2) is 5.63. The first-order valence-corrected chi connectivity index (χ1v) is 6.70. The summed E-state index contributed by atoms with van der Waals surface area (Å²) in [5, 5.41) is 0.598. The topological polar surface area (TPSA) is 35.2 Å². The van der Waals surface area contributed by atoms with Crippen LogP contribution in [0.5, 0.6) is 5.75 Å². The van der Waals surface area contributed by atoms with Gasteiger partial charge in [0.05, 0.1) is 5.02 Å². The normalized spacial score (nSPS) is 12.2. The van der Waals surface area contributed by atoms with Gasteiger partial charge in [0.25, 0.3) is 0 Å². The smallest absolute Gasteiger partial charge is 0.139 e. The van der Waals surface area contributed by atoms with Crippen molar-refractivity contribution in [3.8, 4) is 5.75 Å². The predicted molar refractivity (Wildman–Crippen MR) is 79.0 cm³/mol. The molecular weight excluding hydrogens is 314 g/mol. The Morgan fingerprint density at radius 2 is 1.83 bits per heavy atom.